The van der Waals surface area contributed by atoms with E-state index >= 15 is 0 Å². The summed E-state index contributed by atoms with van der Waals surface area (Å²) in [6.45, 7) is 0.954. The van der Waals surface area contributed by atoms with E-state index in [1.165, 1.54) is 18.1 Å². The number of amides is 1. The lowest BCUT2D eigenvalue weighted by atomic mass is 10.1. The lowest BCUT2D eigenvalue weighted by Gasteiger charge is -2.32. The molecular weight excluding hydrogens is 279 g/mol. The minimum absolute atomic E-state index is 0.0750. The number of morpholine rings is 1. The van der Waals surface area contributed by atoms with Crippen LogP contribution in [0.4, 0.5) is 10.1 Å². The van der Waals surface area contributed by atoms with E-state index in [9.17, 15) is 14.0 Å². The molecule has 0 spiro atoms. The van der Waals surface area contributed by atoms with Crippen LogP contribution in [0, 0.1) is 5.82 Å². The second-order valence-corrected chi connectivity index (χ2v) is 4.80. The number of carbonyl (C=O) groups is 2. The predicted octanol–water partition coefficient (Wildman–Crippen LogP) is 0.812. The van der Waals surface area contributed by atoms with Gasteiger partial charge in [-0.25, -0.2) is 4.39 Å². The van der Waals surface area contributed by atoms with Crippen molar-refractivity contribution in [1.29, 1.82) is 0 Å². The molecule has 0 aromatic heterocycles. The third-order valence-electron chi connectivity index (χ3n) is 3.22. The number of anilines is 1. The number of esters is 1. The standard InChI is InChI=1S/C14H17FN2O4/c1-20-13(18)7-12-8-17(2-3-21-12)14(19)9-4-10(15)6-11(16)5-9/h4-6,12H,2-3,7-8,16H2,1H3. The summed E-state index contributed by atoms with van der Waals surface area (Å²) in [5.41, 5.74) is 5.92. The summed E-state index contributed by atoms with van der Waals surface area (Å²) in [6.07, 6.45) is -0.341. The first-order valence-electron chi connectivity index (χ1n) is 6.53. The summed E-state index contributed by atoms with van der Waals surface area (Å²) in [5.74, 6) is -1.29. The average Bonchev–Trinajstić information content (AvgIpc) is 2.45. The van der Waals surface area contributed by atoms with Crippen LogP contribution in [0.1, 0.15) is 16.8 Å². The summed E-state index contributed by atoms with van der Waals surface area (Å²) in [4.78, 5) is 25.1. The Bertz CT molecular complexity index is 530. The summed E-state index contributed by atoms with van der Waals surface area (Å²) in [7, 11) is 1.30. The molecule has 21 heavy (non-hydrogen) atoms. The number of carbonyl (C=O) groups excluding carboxylic acids is 2. The second kappa shape index (κ2) is 6.53. The maximum absolute atomic E-state index is 13.3. The topological polar surface area (TPSA) is 81.9 Å². The van der Waals surface area contributed by atoms with E-state index < -0.39 is 17.9 Å². The number of nitrogens with zero attached hydrogens (tertiary/aromatic N) is 1. The fourth-order valence-corrected chi connectivity index (χ4v) is 2.21. The van der Waals surface area contributed by atoms with Crippen LogP contribution in [0.15, 0.2) is 18.2 Å². The third kappa shape index (κ3) is 3.91. The number of nitrogens with two attached hydrogens (primary N) is 1. The maximum Gasteiger partial charge on any atom is 0.308 e. The Balaban J connectivity index is 2.06. The Labute approximate surface area is 121 Å². The number of rotatable bonds is 3. The van der Waals surface area contributed by atoms with E-state index in [0.717, 1.165) is 12.1 Å². The minimum atomic E-state index is -0.558. The second-order valence-electron chi connectivity index (χ2n) is 4.80. The molecule has 6 nitrogen and oxygen atoms in total. The lowest BCUT2D eigenvalue weighted by Crippen LogP contribution is -2.46. The molecule has 1 aromatic carbocycles. The van der Waals surface area contributed by atoms with Gasteiger partial charge >= 0.3 is 5.97 Å². The van der Waals surface area contributed by atoms with Gasteiger partial charge in [0.2, 0.25) is 0 Å². The Morgan fingerprint density at radius 2 is 2.24 bits per heavy atom. The Kier molecular flexibility index (Phi) is 4.74. The van der Waals surface area contributed by atoms with Crippen LogP contribution >= 0.6 is 0 Å². The highest BCUT2D eigenvalue weighted by atomic mass is 19.1. The van der Waals surface area contributed by atoms with E-state index in [1.54, 1.807) is 0 Å². The molecule has 1 aliphatic heterocycles. The Morgan fingerprint density at radius 1 is 1.48 bits per heavy atom. The molecule has 1 amide bonds. The average molecular weight is 296 g/mol. The van der Waals surface area contributed by atoms with E-state index in [0.29, 0.717) is 13.2 Å². The van der Waals surface area contributed by atoms with Crippen molar-refractivity contribution in [3.8, 4) is 0 Å². The first-order chi connectivity index (χ1) is 9.99. The molecule has 2 rings (SSSR count). The van der Waals surface area contributed by atoms with Crippen molar-refractivity contribution in [2.24, 2.45) is 0 Å². The van der Waals surface area contributed by atoms with Crippen molar-refractivity contribution in [3.05, 3.63) is 29.6 Å². The number of benzene rings is 1. The maximum atomic E-state index is 13.3. The van der Waals surface area contributed by atoms with Crippen molar-refractivity contribution in [1.82, 2.24) is 4.90 Å². The molecule has 1 fully saturated rings. The van der Waals surface area contributed by atoms with E-state index in [-0.39, 0.29) is 30.1 Å². The van der Waals surface area contributed by atoms with Crippen LogP contribution < -0.4 is 5.73 Å². The smallest absolute Gasteiger partial charge is 0.308 e. The van der Waals surface area contributed by atoms with Crippen molar-refractivity contribution in [2.75, 3.05) is 32.5 Å². The van der Waals surface area contributed by atoms with Gasteiger partial charge in [-0.1, -0.05) is 0 Å². The number of hydrogen-bond donors (Lipinski definition) is 1. The van der Waals surface area contributed by atoms with E-state index in [4.69, 9.17) is 10.5 Å². The zero-order valence-electron chi connectivity index (χ0n) is 11.7. The number of hydrogen-bond acceptors (Lipinski definition) is 5. The normalized spacial score (nSPS) is 18.4. The summed E-state index contributed by atoms with van der Waals surface area (Å²) in [5, 5.41) is 0. The van der Waals surface area contributed by atoms with E-state index in [2.05, 4.69) is 4.74 Å². The minimum Gasteiger partial charge on any atom is -0.469 e. The fraction of sp³-hybridized carbons (Fsp3) is 0.429. The molecule has 1 aliphatic rings. The summed E-state index contributed by atoms with van der Waals surface area (Å²) >= 11 is 0. The molecule has 7 heteroatoms. The Hall–Kier alpha value is -2.15. The molecule has 2 N–H and O–H groups in total. The highest BCUT2D eigenvalue weighted by Crippen LogP contribution is 2.16. The fourth-order valence-electron chi connectivity index (χ4n) is 2.21. The number of ether oxygens (including phenoxy) is 2. The van der Waals surface area contributed by atoms with Gasteiger partial charge in [0, 0.05) is 24.3 Å². The molecule has 1 saturated heterocycles. The van der Waals surface area contributed by atoms with Gasteiger partial charge in [0.15, 0.2) is 0 Å². The number of halogens is 1. The van der Waals surface area contributed by atoms with Gasteiger partial charge in [0.1, 0.15) is 5.82 Å². The molecule has 1 atom stereocenters. The van der Waals surface area contributed by atoms with Gasteiger partial charge in [-0.15, -0.1) is 0 Å². The van der Waals surface area contributed by atoms with Crippen molar-refractivity contribution in [3.63, 3.8) is 0 Å². The summed E-state index contributed by atoms with van der Waals surface area (Å²) < 4.78 is 23.3. The molecular formula is C14H17FN2O4. The predicted molar refractivity (Wildman–Crippen MR) is 73.1 cm³/mol. The zero-order chi connectivity index (χ0) is 15.4. The van der Waals surface area contributed by atoms with Crippen LogP contribution in [0.2, 0.25) is 0 Å². The van der Waals surface area contributed by atoms with Crippen LogP contribution in [0.25, 0.3) is 0 Å². The van der Waals surface area contributed by atoms with Crippen LogP contribution in [0.3, 0.4) is 0 Å². The van der Waals surface area contributed by atoms with Crippen molar-refractivity contribution >= 4 is 17.6 Å². The highest BCUT2D eigenvalue weighted by molar-refractivity contribution is 5.95. The molecule has 1 heterocycles. The van der Waals surface area contributed by atoms with E-state index in [1.807, 2.05) is 0 Å². The molecule has 0 aliphatic carbocycles. The molecule has 1 unspecified atom stereocenters. The van der Waals surface area contributed by atoms with Gasteiger partial charge in [0.25, 0.3) is 5.91 Å². The van der Waals surface area contributed by atoms with Gasteiger partial charge < -0.3 is 20.1 Å². The van der Waals surface area contributed by atoms with Gasteiger partial charge in [-0.05, 0) is 18.2 Å². The first kappa shape index (κ1) is 15.2. The first-order valence-corrected chi connectivity index (χ1v) is 6.53. The van der Waals surface area contributed by atoms with Crippen LogP contribution in [0.5, 0.6) is 0 Å². The molecule has 114 valence electrons. The lowest BCUT2D eigenvalue weighted by molar-refractivity contribution is -0.145. The molecule has 0 saturated carbocycles. The zero-order valence-corrected chi connectivity index (χ0v) is 11.7. The van der Waals surface area contributed by atoms with Crippen molar-refractivity contribution in [2.45, 2.75) is 12.5 Å². The number of nitrogen functional groups attached to an aromatic ring is 1. The third-order valence-corrected chi connectivity index (χ3v) is 3.22. The largest absolute Gasteiger partial charge is 0.469 e. The molecule has 1 aromatic rings. The van der Waals surface area contributed by atoms with Crippen LogP contribution in [-0.4, -0.2) is 49.7 Å². The van der Waals surface area contributed by atoms with Gasteiger partial charge in [-0.3, -0.25) is 9.59 Å². The van der Waals surface area contributed by atoms with Gasteiger partial charge in [-0.2, -0.15) is 0 Å². The van der Waals surface area contributed by atoms with Crippen molar-refractivity contribution < 1.29 is 23.5 Å². The SMILES string of the molecule is COC(=O)CC1CN(C(=O)c2cc(N)cc(F)c2)CCO1. The highest BCUT2D eigenvalue weighted by Gasteiger charge is 2.27. The number of methoxy groups -OCH3 is 1. The molecule has 0 bridgehead atoms. The quantitative estimate of drug-likeness (QED) is 0.659. The van der Waals surface area contributed by atoms with Crippen LogP contribution in [-0.2, 0) is 14.3 Å². The monoisotopic (exact) mass is 296 g/mol. The Morgan fingerprint density at radius 3 is 2.90 bits per heavy atom. The summed E-state index contributed by atoms with van der Waals surface area (Å²) in [6, 6.07) is 3.72. The van der Waals surface area contributed by atoms with Gasteiger partial charge in [0.05, 0.1) is 26.2 Å². The molecule has 0 radical (unpaired) electrons.